The van der Waals surface area contributed by atoms with Crippen LogP contribution < -0.4 is 0 Å². The molecule has 0 fully saturated rings. The Morgan fingerprint density at radius 1 is 1.16 bits per heavy atom. The van der Waals surface area contributed by atoms with E-state index < -0.39 is 0 Å². The summed E-state index contributed by atoms with van der Waals surface area (Å²) < 4.78 is 8.20. The van der Waals surface area contributed by atoms with Gasteiger partial charge in [0.05, 0.1) is 0 Å². The second kappa shape index (κ2) is 13.0. The topological polar surface area (TPSA) is 26.3 Å². The summed E-state index contributed by atoms with van der Waals surface area (Å²) in [5.41, 5.74) is 0. The van der Waals surface area contributed by atoms with Gasteiger partial charge in [-0.15, -0.1) is 0 Å². The fourth-order valence-corrected chi connectivity index (χ4v) is 5.46. The monoisotopic (exact) mass is 384 g/mol. The molecule has 0 aromatic carbocycles. The third kappa shape index (κ3) is 12.8. The van der Waals surface area contributed by atoms with Crippen molar-refractivity contribution in [3.05, 3.63) is 9.70 Å². The van der Waals surface area contributed by atoms with Gasteiger partial charge in [0.2, 0.25) is 0 Å². The van der Waals surface area contributed by atoms with Gasteiger partial charge in [-0.3, -0.25) is 0 Å². The van der Waals surface area contributed by atoms with E-state index in [1.165, 1.54) is 56.3 Å². The molecular weight excluding hydrogens is 352 g/mol. The average molecular weight is 382 g/mol. The molecule has 0 aromatic rings. The molecule has 1 atom stereocenters. The van der Waals surface area contributed by atoms with Gasteiger partial charge in [0, 0.05) is 0 Å². The summed E-state index contributed by atoms with van der Waals surface area (Å²) in [6.45, 7) is 7.95. The summed E-state index contributed by atoms with van der Waals surface area (Å²) in [6, 6.07) is 0. The first-order valence-electron chi connectivity index (χ1n) is 7.60. The minimum atomic E-state index is -0.178. The van der Waals surface area contributed by atoms with Gasteiger partial charge >= 0.3 is 129 Å². The summed E-state index contributed by atoms with van der Waals surface area (Å²) in [5, 5.41) is 0. The van der Waals surface area contributed by atoms with E-state index in [1.807, 2.05) is 6.92 Å². The van der Waals surface area contributed by atoms with Crippen LogP contribution in [0.3, 0.4) is 0 Å². The first-order chi connectivity index (χ1) is 9.10. The van der Waals surface area contributed by atoms with Crippen molar-refractivity contribution in [1.29, 1.82) is 0 Å². The van der Waals surface area contributed by atoms with E-state index in [1.54, 1.807) is 3.62 Å². The third-order valence-electron chi connectivity index (χ3n) is 2.83. The van der Waals surface area contributed by atoms with E-state index in [-0.39, 0.29) is 33.0 Å². The molecule has 0 radical (unpaired) electrons. The Morgan fingerprint density at radius 3 is 2.42 bits per heavy atom. The summed E-state index contributed by atoms with van der Waals surface area (Å²) in [5.74, 6) is -0.178. The van der Waals surface area contributed by atoms with Crippen LogP contribution in [0, 0.1) is 0 Å². The number of rotatable bonds is 11. The minimum absolute atomic E-state index is 0.0446. The van der Waals surface area contributed by atoms with Gasteiger partial charge in [0.15, 0.2) is 0 Å². The van der Waals surface area contributed by atoms with Crippen molar-refractivity contribution in [2.75, 3.05) is 0 Å². The molecule has 0 bridgehead atoms. The Kier molecular flexibility index (Phi) is 13.0. The van der Waals surface area contributed by atoms with E-state index in [0.717, 1.165) is 0 Å². The Morgan fingerprint density at radius 2 is 1.84 bits per heavy atom. The first-order valence-corrected chi connectivity index (χ1v) is 10.4. The summed E-state index contributed by atoms with van der Waals surface area (Å²) in [6.07, 6.45) is 11.3. The molecule has 2 nitrogen and oxygen atoms in total. The van der Waals surface area contributed by atoms with E-state index in [2.05, 4.69) is 19.9 Å². The Bertz CT molecular complexity index is 261. The molecule has 0 unspecified atom stereocenters. The number of unbranched alkanes of at least 4 members (excludes halogenated alkanes) is 4. The van der Waals surface area contributed by atoms with Crippen molar-refractivity contribution < 1.29 is 9.53 Å². The fourth-order valence-electron chi connectivity index (χ4n) is 1.83. The SMILES string of the molecule is CCCCCC/C(=C/[C@@H](C)OC(C)=O)[Te]CCCC. The van der Waals surface area contributed by atoms with Gasteiger partial charge in [-0.2, -0.15) is 0 Å². The molecule has 0 heterocycles. The van der Waals surface area contributed by atoms with Crippen LogP contribution in [0.25, 0.3) is 0 Å². The molecule has 3 heteroatoms. The summed E-state index contributed by atoms with van der Waals surface area (Å²) in [4.78, 5) is 11.0. The fraction of sp³-hybridized carbons (Fsp3) is 0.812. The molecule has 112 valence electrons. The van der Waals surface area contributed by atoms with Crippen molar-refractivity contribution in [3.8, 4) is 0 Å². The van der Waals surface area contributed by atoms with Crippen LogP contribution in [-0.2, 0) is 9.53 Å². The maximum atomic E-state index is 11.0. The zero-order valence-electron chi connectivity index (χ0n) is 13.0. The van der Waals surface area contributed by atoms with Crippen molar-refractivity contribution in [2.45, 2.75) is 83.2 Å². The van der Waals surface area contributed by atoms with Gasteiger partial charge < -0.3 is 0 Å². The molecular formula is C16H30O2Te. The molecule has 0 saturated carbocycles. The summed E-state index contributed by atoms with van der Waals surface area (Å²) >= 11 is -0.0446. The quantitative estimate of drug-likeness (QED) is 0.294. The van der Waals surface area contributed by atoms with Crippen LogP contribution in [0.15, 0.2) is 9.70 Å². The van der Waals surface area contributed by atoms with Crippen molar-refractivity contribution in [3.63, 3.8) is 0 Å². The van der Waals surface area contributed by atoms with Crippen molar-refractivity contribution in [1.82, 2.24) is 0 Å². The molecule has 0 spiro atoms. The zero-order valence-corrected chi connectivity index (χ0v) is 15.4. The van der Waals surface area contributed by atoms with Crippen molar-refractivity contribution >= 4 is 26.9 Å². The second-order valence-electron chi connectivity index (χ2n) is 4.96. The number of carbonyl (C=O) groups is 1. The van der Waals surface area contributed by atoms with Gasteiger partial charge in [-0.25, -0.2) is 0 Å². The third-order valence-corrected chi connectivity index (χ3v) is 6.27. The molecule has 0 rings (SSSR count). The van der Waals surface area contributed by atoms with Crippen LogP contribution >= 0.6 is 0 Å². The number of allylic oxidation sites excluding steroid dienone is 1. The van der Waals surface area contributed by atoms with Gasteiger partial charge in [0.25, 0.3) is 0 Å². The van der Waals surface area contributed by atoms with Crippen LogP contribution in [0.2, 0.25) is 4.47 Å². The molecule has 19 heavy (non-hydrogen) atoms. The standard InChI is InChI=1S/C16H30O2Te/c1-5-7-9-10-11-16(19-12-8-6-2)13-14(3)18-15(4)17/h13-14H,5-12H2,1-4H3/b16-13-/t14-/m1/s1. The molecule has 0 N–H and O–H groups in total. The van der Waals surface area contributed by atoms with E-state index in [0.29, 0.717) is 0 Å². The van der Waals surface area contributed by atoms with Gasteiger partial charge in [0.1, 0.15) is 0 Å². The molecule has 0 amide bonds. The molecule has 0 aliphatic carbocycles. The van der Waals surface area contributed by atoms with Crippen molar-refractivity contribution in [2.24, 2.45) is 0 Å². The number of carbonyl (C=O) groups excluding carboxylic acids is 1. The predicted molar refractivity (Wildman–Crippen MR) is 83.5 cm³/mol. The average Bonchev–Trinajstić information content (AvgIpc) is 2.33. The van der Waals surface area contributed by atoms with E-state index in [9.17, 15) is 4.79 Å². The number of hydrogen-bond donors (Lipinski definition) is 0. The maximum absolute atomic E-state index is 11.0. The summed E-state index contributed by atoms with van der Waals surface area (Å²) in [7, 11) is 0. The Hall–Kier alpha value is -0.000390. The first kappa shape index (κ1) is 19.0. The molecule has 0 aliphatic rings. The van der Waals surface area contributed by atoms with Gasteiger partial charge in [-0.05, 0) is 0 Å². The van der Waals surface area contributed by atoms with Crippen LogP contribution in [-0.4, -0.2) is 33.0 Å². The second-order valence-corrected chi connectivity index (χ2v) is 8.45. The van der Waals surface area contributed by atoms with Gasteiger partial charge in [-0.1, -0.05) is 0 Å². The van der Waals surface area contributed by atoms with E-state index >= 15 is 0 Å². The number of esters is 1. The normalized spacial score (nSPS) is 13.4. The van der Waals surface area contributed by atoms with E-state index in [4.69, 9.17) is 4.74 Å². The van der Waals surface area contributed by atoms with Crippen LogP contribution in [0.5, 0.6) is 0 Å². The molecule has 0 saturated heterocycles. The van der Waals surface area contributed by atoms with Crippen LogP contribution in [0.4, 0.5) is 0 Å². The number of hydrogen-bond acceptors (Lipinski definition) is 2. The van der Waals surface area contributed by atoms with Crippen LogP contribution in [0.1, 0.15) is 72.6 Å². The number of ether oxygens (including phenoxy) is 1. The predicted octanol–water partition coefficient (Wildman–Crippen LogP) is 4.71. The Labute approximate surface area is 129 Å². The Balaban J connectivity index is 4.21. The molecule has 0 aromatic heterocycles. The molecule has 0 aliphatic heterocycles. The zero-order chi connectivity index (χ0) is 14.5.